The molecule has 0 spiro atoms. The smallest absolute Gasteiger partial charge is 0.191 e. The highest BCUT2D eigenvalue weighted by Gasteiger charge is 2.22. The van der Waals surface area contributed by atoms with E-state index in [1.165, 1.54) is 69.7 Å². The Morgan fingerprint density at radius 3 is 2.71 bits per heavy atom. The number of nitrogens with one attached hydrogen (secondary N) is 2. The topological polar surface area (TPSA) is 42.9 Å². The van der Waals surface area contributed by atoms with Gasteiger partial charge in [0, 0.05) is 50.7 Å². The molecule has 1 aromatic rings. The zero-order chi connectivity index (χ0) is 18.9. The third-order valence-electron chi connectivity index (χ3n) is 5.81. The van der Waals surface area contributed by atoms with E-state index in [2.05, 4.69) is 49.9 Å². The van der Waals surface area contributed by atoms with Gasteiger partial charge in [-0.2, -0.15) is 0 Å². The lowest BCUT2D eigenvalue weighted by molar-refractivity contribution is 0.169. The summed E-state index contributed by atoms with van der Waals surface area (Å²) in [6, 6.07) is 4.97. The third-order valence-corrected chi connectivity index (χ3v) is 6.67. The minimum Gasteiger partial charge on any atom is -0.356 e. The van der Waals surface area contributed by atoms with Crippen LogP contribution in [0.25, 0.3) is 0 Å². The molecule has 2 saturated heterocycles. The summed E-state index contributed by atoms with van der Waals surface area (Å²) in [5.74, 6) is 1.70. The Morgan fingerprint density at radius 2 is 2.04 bits per heavy atom. The lowest BCUT2D eigenvalue weighted by atomic mass is 9.98. The summed E-state index contributed by atoms with van der Waals surface area (Å²) >= 11 is 1.87. The Bertz CT molecular complexity index is 557. The zero-order valence-corrected chi connectivity index (χ0v) is 20.7. The van der Waals surface area contributed by atoms with Gasteiger partial charge >= 0.3 is 0 Å². The fourth-order valence-corrected chi connectivity index (χ4v) is 5.08. The van der Waals surface area contributed by atoms with Crippen LogP contribution in [0.4, 0.5) is 0 Å². The molecule has 0 aliphatic carbocycles. The van der Waals surface area contributed by atoms with Crippen molar-refractivity contribution in [1.82, 2.24) is 20.4 Å². The maximum absolute atomic E-state index is 4.47. The monoisotopic (exact) mass is 519 g/mol. The van der Waals surface area contributed by atoms with E-state index >= 15 is 0 Å². The zero-order valence-electron chi connectivity index (χ0n) is 17.5. The third kappa shape index (κ3) is 7.80. The van der Waals surface area contributed by atoms with Gasteiger partial charge in [-0.25, -0.2) is 0 Å². The standard InChI is InChI=1S/C21H37N5S.HI/c1-3-10-25-12-8-19(9-13-25)24-21(22-2)23-15-18-6-4-11-26(16-18)17-20-7-5-14-27-20;/h5,7,14,18-19H,3-4,6,8-13,15-17H2,1-2H3,(H2,22,23,24);1H. The van der Waals surface area contributed by atoms with Gasteiger partial charge in [0.25, 0.3) is 0 Å². The Morgan fingerprint density at radius 1 is 1.21 bits per heavy atom. The van der Waals surface area contributed by atoms with Crippen LogP contribution in [0.15, 0.2) is 22.5 Å². The number of nitrogens with zero attached hydrogens (tertiary/aromatic N) is 3. The molecule has 160 valence electrons. The first kappa shape index (κ1) is 23.9. The normalized spacial score (nSPS) is 22.6. The first-order chi connectivity index (χ1) is 13.3. The van der Waals surface area contributed by atoms with Crippen molar-refractivity contribution in [2.75, 3.05) is 46.3 Å². The molecule has 0 amide bonds. The summed E-state index contributed by atoms with van der Waals surface area (Å²) in [5, 5.41) is 9.44. The number of likely N-dealkylation sites (tertiary alicyclic amines) is 2. The molecule has 5 nitrogen and oxygen atoms in total. The van der Waals surface area contributed by atoms with Crippen molar-refractivity contribution in [3.8, 4) is 0 Å². The van der Waals surface area contributed by atoms with Gasteiger partial charge in [0.05, 0.1) is 0 Å². The largest absolute Gasteiger partial charge is 0.356 e. The molecule has 1 aromatic heterocycles. The van der Waals surface area contributed by atoms with Crippen LogP contribution in [0.5, 0.6) is 0 Å². The molecule has 3 rings (SSSR count). The van der Waals surface area contributed by atoms with E-state index in [0.717, 1.165) is 19.0 Å². The maximum atomic E-state index is 4.47. The SMILES string of the molecule is CCCN1CCC(NC(=NC)NCC2CCCN(Cc3cccs3)C2)CC1.I. The number of rotatable bonds is 7. The van der Waals surface area contributed by atoms with Gasteiger partial charge in [0.1, 0.15) is 0 Å². The highest BCUT2D eigenvalue weighted by atomic mass is 127. The molecule has 2 N–H and O–H groups in total. The predicted octanol–water partition coefficient (Wildman–Crippen LogP) is 3.62. The minimum absolute atomic E-state index is 0. The average Bonchev–Trinajstić information content (AvgIpc) is 3.20. The second-order valence-electron chi connectivity index (χ2n) is 8.04. The fraction of sp³-hybridized carbons (Fsp3) is 0.762. The highest BCUT2D eigenvalue weighted by molar-refractivity contribution is 14.0. The number of halogens is 1. The van der Waals surface area contributed by atoms with Crippen molar-refractivity contribution in [1.29, 1.82) is 0 Å². The van der Waals surface area contributed by atoms with Crippen molar-refractivity contribution in [3.05, 3.63) is 22.4 Å². The van der Waals surface area contributed by atoms with Gasteiger partial charge in [-0.05, 0) is 62.6 Å². The van der Waals surface area contributed by atoms with E-state index in [4.69, 9.17) is 0 Å². The second kappa shape index (κ2) is 13.0. The Balaban J connectivity index is 0.00000280. The molecule has 28 heavy (non-hydrogen) atoms. The van der Waals surface area contributed by atoms with Crippen LogP contribution in [-0.4, -0.2) is 68.1 Å². The Kier molecular flexibility index (Phi) is 11.1. The van der Waals surface area contributed by atoms with Gasteiger partial charge in [-0.1, -0.05) is 13.0 Å². The minimum atomic E-state index is 0. The molecule has 3 heterocycles. The summed E-state index contributed by atoms with van der Waals surface area (Å²) in [5.41, 5.74) is 0. The van der Waals surface area contributed by atoms with Crippen molar-refractivity contribution in [2.45, 2.75) is 51.6 Å². The highest BCUT2D eigenvalue weighted by Crippen LogP contribution is 2.20. The van der Waals surface area contributed by atoms with Gasteiger partial charge in [-0.3, -0.25) is 9.89 Å². The van der Waals surface area contributed by atoms with Crippen molar-refractivity contribution < 1.29 is 0 Å². The quantitative estimate of drug-likeness (QED) is 0.328. The summed E-state index contributed by atoms with van der Waals surface area (Å²) in [6.45, 7) is 10.5. The molecule has 1 unspecified atom stereocenters. The molecule has 1 atom stereocenters. The molecule has 2 aliphatic rings. The lowest BCUT2D eigenvalue weighted by Gasteiger charge is -2.34. The van der Waals surface area contributed by atoms with Crippen LogP contribution in [0, 0.1) is 5.92 Å². The van der Waals surface area contributed by atoms with E-state index in [1.807, 2.05) is 18.4 Å². The average molecular weight is 520 g/mol. The molecule has 0 bridgehead atoms. The summed E-state index contributed by atoms with van der Waals surface area (Å²) < 4.78 is 0. The van der Waals surface area contributed by atoms with Crippen LogP contribution < -0.4 is 10.6 Å². The van der Waals surface area contributed by atoms with Crippen LogP contribution in [-0.2, 0) is 6.54 Å². The fourth-order valence-electron chi connectivity index (χ4n) is 4.33. The molecular weight excluding hydrogens is 481 g/mol. The van der Waals surface area contributed by atoms with Gasteiger partial charge in [-0.15, -0.1) is 35.3 Å². The summed E-state index contributed by atoms with van der Waals surface area (Å²) in [7, 11) is 1.89. The van der Waals surface area contributed by atoms with Crippen LogP contribution in [0.3, 0.4) is 0 Å². The molecule has 7 heteroatoms. The van der Waals surface area contributed by atoms with Crippen LogP contribution in [0.2, 0.25) is 0 Å². The van der Waals surface area contributed by atoms with E-state index in [9.17, 15) is 0 Å². The van der Waals surface area contributed by atoms with Crippen molar-refractivity contribution >= 4 is 41.3 Å². The van der Waals surface area contributed by atoms with Crippen molar-refractivity contribution in [2.24, 2.45) is 10.9 Å². The number of thiophene rings is 1. The molecule has 0 saturated carbocycles. The van der Waals surface area contributed by atoms with E-state index in [-0.39, 0.29) is 24.0 Å². The number of hydrogen-bond donors (Lipinski definition) is 2. The summed E-state index contributed by atoms with van der Waals surface area (Å²) in [4.78, 5) is 11.1. The number of aliphatic imine (C=N–C) groups is 1. The maximum Gasteiger partial charge on any atom is 0.191 e. The van der Waals surface area contributed by atoms with Crippen molar-refractivity contribution in [3.63, 3.8) is 0 Å². The van der Waals surface area contributed by atoms with Crippen LogP contribution >= 0.6 is 35.3 Å². The predicted molar refractivity (Wildman–Crippen MR) is 132 cm³/mol. The van der Waals surface area contributed by atoms with Crippen LogP contribution in [0.1, 0.15) is 43.9 Å². The number of guanidine groups is 1. The number of hydrogen-bond acceptors (Lipinski definition) is 4. The first-order valence-corrected chi connectivity index (χ1v) is 11.6. The Labute approximate surface area is 192 Å². The Hall–Kier alpha value is -0.380. The molecule has 0 radical (unpaired) electrons. The van der Waals surface area contributed by atoms with Gasteiger partial charge < -0.3 is 15.5 Å². The van der Waals surface area contributed by atoms with E-state index in [0.29, 0.717) is 12.0 Å². The molecule has 2 aliphatic heterocycles. The molecular formula is C21H38IN5S. The summed E-state index contributed by atoms with van der Waals surface area (Å²) in [6.07, 6.45) is 6.32. The van der Waals surface area contributed by atoms with Gasteiger partial charge in [0.15, 0.2) is 5.96 Å². The number of piperidine rings is 2. The van der Waals surface area contributed by atoms with E-state index < -0.39 is 0 Å². The second-order valence-corrected chi connectivity index (χ2v) is 9.07. The lowest BCUT2D eigenvalue weighted by Crippen LogP contribution is -2.50. The van der Waals surface area contributed by atoms with E-state index in [1.54, 1.807) is 0 Å². The molecule has 0 aromatic carbocycles. The molecule has 2 fully saturated rings. The first-order valence-electron chi connectivity index (χ1n) is 10.7. The van der Waals surface area contributed by atoms with Gasteiger partial charge in [0.2, 0.25) is 0 Å².